The molecule has 1 aromatic heterocycles. The molecule has 160 valence electrons. The molecule has 1 unspecified atom stereocenters. The highest BCUT2D eigenvalue weighted by Gasteiger charge is 2.45. The van der Waals surface area contributed by atoms with Crippen LogP contribution >= 0.6 is 0 Å². The maximum Gasteiger partial charge on any atom is 0.267 e. The van der Waals surface area contributed by atoms with Gasteiger partial charge in [0.05, 0.1) is 23.6 Å². The molecule has 1 aliphatic heterocycles. The summed E-state index contributed by atoms with van der Waals surface area (Å²) in [7, 11) is 0. The molecule has 0 saturated heterocycles. The summed E-state index contributed by atoms with van der Waals surface area (Å²) in [5.41, 5.74) is 2.12. The molecule has 2 N–H and O–H groups in total. The fourth-order valence-electron chi connectivity index (χ4n) is 4.40. The summed E-state index contributed by atoms with van der Waals surface area (Å²) >= 11 is 0. The third-order valence-corrected chi connectivity index (χ3v) is 6.00. The Morgan fingerprint density at radius 2 is 1.84 bits per heavy atom. The number of nitrogens with zero attached hydrogens (tertiary/aromatic N) is 1. The number of fused-ring (bicyclic) bond motifs is 2. The SMILES string of the molecule is O=C1CCC(N2C(=O)c3cccc(CNC(=O)c4cc5ccccc5[nH]4)c3C2=O)C(=O)C1. The van der Waals surface area contributed by atoms with Crippen LogP contribution in [0.4, 0.5) is 0 Å². The van der Waals surface area contributed by atoms with Gasteiger partial charge >= 0.3 is 0 Å². The zero-order valence-electron chi connectivity index (χ0n) is 17.0. The van der Waals surface area contributed by atoms with Gasteiger partial charge in [0, 0.05) is 23.9 Å². The topological polar surface area (TPSA) is 116 Å². The largest absolute Gasteiger partial charge is 0.351 e. The summed E-state index contributed by atoms with van der Waals surface area (Å²) in [5.74, 6) is -2.03. The number of nitrogens with one attached hydrogen (secondary N) is 2. The molecule has 2 heterocycles. The molecule has 8 heteroatoms. The van der Waals surface area contributed by atoms with E-state index in [2.05, 4.69) is 10.3 Å². The number of aromatic amines is 1. The maximum atomic E-state index is 13.1. The van der Waals surface area contributed by atoms with Crippen LogP contribution in [0.25, 0.3) is 10.9 Å². The van der Waals surface area contributed by atoms with Crippen molar-refractivity contribution < 1.29 is 24.0 Å². The summed E-state index contributed by atoms with van der Waals surface area (Å²) in [6.45, 7) is 0.0430. The number of H-pyrrole nitrogens is 1. The fraction of sp³-hybridized carbons (Fsp3) is 0.208. The third-order valence-electron chi connectivity index (χ3n) is 6.00. The Bertz CT molecular complexity index is 1290. The number of hydrogen-bond donors (Lipinski definition) is 2. The van der Waals surface area contributed by atoms with Gasteiger partial charge in [0.15, 0.2) is 5.78 Å². The van der Waals surface area contributed by atoms with Crippen LogP contribution < -0.4 is 5.32 Å². The number of imide groups is 1. The number of carbonyl (C=O) groups is 5. The molecule has 2 aliphatic rings. The van der Waals surface area contributed by atoms with Gasteiger partial charge in [0.25, 0.3) is 17.7 Å². The van der Waals surface area contributed by atoms with Crippen LogP contribution in [-0.2, 0) is 16.1 Å². The zero-order valence-corrected chi connectivity index (χ0v) is 17.0. The second kappa shape index (κ2) is 7.56. The Labute approximate surface area is 182 Å². The monoisotopic (exact) mass is 429 g/mol. The van der Waals surface area contributed by atoms with Crippen molar-refractivity contribution in [3.8, 4) is 0 Å². The van der Waals surface area contributed by atoms with Crippen LogP contribution in [0.15, 0.2) is 48.5 Å². The number of benzene rings is 2. The first-order valence-electron chi connectivity index (χ1n) is 10.3. The second-order valence-electron chi connectivity index (χ2n) is 8.01. The first-order chi connectivity index (χ1) is 15.4. The van der Waals surface area contributed by atoms with Crippen molar-refractivity contribution >= 4 is 40.2 Å². The quantitative estimate of drug-likeness (QED) is 0.488. The van der Waals surface area contributed by atoms with Gasteiger partial charge in [-0.25, -0.2) is 0 Å². The Kier molecular flexibility index (Phi) is 4.70. The lowest BCUT2D eigenvalue weighted by Gasteiger charge is -2.27. The molecule has 5 rings (SSSR count). The molecule has 3 aromatic rings. The van der Waals surface area contributed by atoms with Crippen molar-refractivity contribution in [2.24, 2.45) is 0 Å². The van der Waals surface area contributed by atoms with Gasteiger partial charge in [-0.05, 0) is 30.2 Å². The van der Waals surface area contributed by atoms with Crippen molar-refractivity contribution in [3.63, 3.8) is 0 Å². The number of Topliss-reactive ketones (excluding diaryl/α,β-unsaturated/α-hetero) is 2. The van der Waals surface area contributed by atoms with Gasteiger partial charge in [0.2, 0.25) is 0 Å². The molecule has 0 bridgehead atoms. The number of ketones is 2. The van der Waals surface area contributed by atoms with Gasteiger partial charge in [-0.2, -0.15) is 0 Å². The van der Waals surface area contributed by atoms with Crippen molar-refractivity contribution in [3.05, 3.63) is 70.9 Å². The van der Waals surface area contributed by atoms with Crippen LogP contribution in [0.5, 0.6) is 0 Å². The highest BCUT2D eigenvalue weighted by molar-refractivity contribution is 6.24. The predicted molar refractivity (Wildman–Crippen MR) is 114 cm³/mol. The summed E-state index contributed by atoms with van der Waals surface area (Å²) < 4.78 is 0. The van der Waals surface area contributed by atoms with E-state index >= 15 is 0 Å². The fourth-order valence-corrected chi connectivity index (χ4v) is 4.40. The summed E-state index contributed by atoms with van der Waals surface area (Å²) in [6, 6.07) is 13.2. The van der Waals surface area contributed by atoms with E-state index < -0.39 is 23.6 Å². The molecule has 0 spiro atoms. The predicted octanol–water partition coefficient (Wildman–Crippen LogP) is 2.38. The van der Waals surface area contributed by atoms with E-state index in [-0.39, 0.29) is 48.6 Å². The van der Waals surface area contributed by atoms with E-state index in [0.29, 0.717) is 11.3 Å². The van der Waals surface area contributed by atoms with Crippen molar-refractivity contribution in [1.29, 1.82) is 0 Å². The molecule has 32 heavy (non-hydrogen) atoms. The van der Waals surface area contributed by atoms with E-state index in [0.717, 1.165) is 15.8 Å². The highest BCUT2D eigenvalue weighted by Crippen LogP contribution is 2.31. The molecule has 0 radical (unpaired) electrons. The van der Waals surface area contributed by atoms with E-state index in [1.807, 2.05) is 24.3 Å². The highest BCUT2D eigenvalue weighted by atomic mass is 16.2. The molecule has 1 atom stereocenters. The van der Waals surface area contributed by atoms with E-state index in [1.54, 1.807) is 18.2 Å². The van der Waals surface area contributed by atoms with Crippen LogP contribution in [0.1, 0.15) is 56.0 Å². The Morgan fingerprint density at radius 3 is 2.62 bits per heavy atom. The van der Waals surface area contributed by atoms with Gasteiger partial charge in [-0.3, -0.25) is 28.9 Å². The Hall–Kier alpha value is -4.07. The second-order valence-corrected chi connectivity index (χ2v) is 8.01. The van der Waals surface area contributed by atoms with Crippen LogP contribution in [0.3, 0.4) is 0 Å². The normalized spacial score (nSPS) is 18.4. The van der Waals surface area contributed by atoms with Crippen LogP contribution in [-0.4, -0.2) is 45.2 Å². The minimum atomic E-state index is -0.922. The van der Waals surface area contributed by atoms with Crippen molar-refractivity contribution in [2.45, 2.75) is 31.8 Å². The summed E-state index contributed by atoms with van der Waals surface area (Å²) in [6.07, 6.45) is 0.0539. The van der Waals surface area contributed by atoms with Crippen molar-refractivity contribution in [1.82, 2.24) is 15.2 Å². The lowest BCUT2D eigenvalue weighted by Crippen LogP contribution is -2.47. The summed E-state index contributed by atoms with van der Waals surface area (Å²) in [4.78, 5) is 66.6. The number of para-hydroxylation sites is 1. The first-order valence-corrected chi connectivity index (χ1v) is 10.3. The molecule has 1 aliphatic carbocycles. The molecule has 1 saturated carbocycles. The molecule has 2 aromatic carbocycles. The number of carbonyl (C=O) groups excluding carboxylic acids is 5. The number of amides is 3. The Balaban J connectivity index is 1.37. The average Bonchev–Trinajstić information content (AvgIpc) is 3.32. The lowest BCUT2D eigenvalue weighted by molar-refractivity contribution is -0.132. The first kappa shape index (κ1) is 19.9. The lowest BCUT2D eigenvalue weighted by atomic mass is 9.92. The molecule has 3 amide bonds. The van der Waals surface area contributed by atoms with Crippen molar-refractivity contribution in [2.75, 3.05) is 0 Å². The molecular formula is C24H19N3O5. The summed E-state index contributed by atoms with van der Waals surface area (Å²) in [5, 5.41) is 3.69. The third kappa shape index (κ3) is 3.20. The van der Waals surface area contributed by atoms with Crippen LogP contribution in [0, 0.1) is 0 Å². The maximum absolute atomic E-state index is 13.1. The van der Waals surface area contributed by atoms with Gasteiger partial charge in [-0.15, -0.1) is 0 Å². The molecule has 1 fully saturated rings. The number of aromatic nitrogens is 1. The Morgan fingerprint density at radius 1 is 1.03 bits per heavy atom. The van der Waals surface area contributed by atoms with Gasteiger partial charge in [-0.1, -0.05) is 30.3 Å². The van der Waals surface area contributed by atoms with Gasteiger partial charge < -0.3 is 10.3 Å². The van der Waals surface area contributed by atoms with E-state index in [9.17, 15) is 24.0 Å². The van der Waals surface area contributed by atoms with Gasteiger partial charge in [0.1, 0.15) is 11.5 Å². The average molecular weight is 429 g/mol. The van der Waals surface area contributed by atoms with E-state index in [1.165, 1.54) is 6.07 Å². The molecular weight excluding hydrogens is 410 g/mol. The minimum Gasteiger partial charge on any atom is -0.351 e. The number of rotatable bonds is 4. The van der Waals surface area contributed by atoms with Crippen LogP contribution in [0.2, 0.25) is 0 Å². The zero-order chi connectivity index (χ0) is 22.4. The van der Waals surface area contributed by atoms with E-state index in [4.69, 9.17) is 0 Å². The standard InChI is InChI=1S/C24H19N3O5/c28-15-8-9-19(20(29)11-15)27-23(31)16-6-3-5-14(21(16)24(27)32)12-25-22(30)18-10-13-4-1-2-7-17(13)26-18/h1-7,10,19,26H,8-9,11-12H2,(H,25,30). The smallest absolute Gasteiger partial charge is 0.267 e. The number of hydrogen-bond acceptors (Lipinski definition) is 5. The molecule has 8 nitrogen and oxygen atoms in total. The minimum absolute atomic E-state index is 0.0430.